The van der Waals surface area contributed by atoms with E-state index in [0.717, 1.165) is 10.4 Å². The van der Waals surface area contributed by atoms with Crippen LogP contribution in [0.3, 0.4) is 0 Å². The summed E-state index contributed by atoms with van der Waals surface area (Å²) in [5.41, 5.74) is -0.748. The summed E-state index contributed by atoms with van der Waals surface area (Å²) in [7, 11) is -6.74. The first-order valence-electron chi connectivity index (χ1n) is 11.2. The van der Waals surface area contributed by atoms with Crippen LogP contribution in [0.25, 0.3) is 0 Å². The largest absolute Gasteiger partial charge is 0.459 e. The van der Waals surface area contributed by atoms with Crippen molar-refractivity contribution in [1.29, 1.82) is 0 Å². The van der Waals surface area contributed by atoms with Gasteiger partial charge in [-0.15, -0.1) is 0 Å². The van der Waals surface area contributed by atoms with Crippen molar-refractivity contribution in [2.24, 2.45) is 0 Å². The van der Waals surface area contributed by atoms with Crippen LogP contribution in [0.1, 0.15) is 55.4 Å². The molecule has 0 N–H and O–H groups in total. The first kappa shape index (κ1) is 27.3. The van der Waals surface area contributed by atoms with Gasteiger partial charge in [0.1, 0.15) is 11.4 Å². The summed E-state index contributed by atoms with van der Waals surface area (Å²) >= 11 is 0. The van der Waals surface area contributed by atoms with E-state index in [-0.39, 0.29) is 11.6 Å². The van der Waals surface area contributed by atoms with Crippen molar-refractivity contribution in [2.45, 2.75) is 70.8 Å². The van der Waals surface area contributed by atoms with E-state index in [1.165, 1.54) is 0 Å². The zero-order valence-corrected chi connectivity index (χ0v) is 23.0. The summed E-state index contributed by atoms with van der Waals surface area (Å²) in [5.74, 6) is -1.43. The topological polar surface area (TPSA) is 69.7 Å². The third-order valence-corrected chi connectivity index (χ3v) is 13.0. The third kappa shape index (κ3) is 6.34. The molecular weight excluding hydrogens is 452 g/mol. The second-order valence-corrected chi connectivity index (χ2v) is 18.0. The number of sulfone groups is 1. The number of rotatable bonds is 8. The van der Waals surface area contributed by atoms with E-state index in [9.17, 15) is 13.2 Å². The maximum atomic E-state index is 13.2. The van der Waals surface area contributed by atoms with Crippen LogP contribution in [0.4, 0.5) is 0 Å². The van der Waals surface area contributed by atoms with Gasteiger partial charge < -0.3 is 9.16 Å². The molecule has 33 heavy (non-hydrogen) atoms. The molecule has 0 bridgehead atoms. The third-order valence-electron chi connectivity index (χ3n) is 5.62. The van der Waals surface area contributed by atoms with Gasteiger partial charge in [-0.3, -0.25) is 4.79 Å². The summed E-state index contributed by atoms with van der Waals surface area (Å²) in [6, 6.07) is 20.1. The molecular formula is C26H38O5SSi. The van der Waals surface area contributed by atoms with Gasteiger partial charge in [0.15, 0.2) is 9.84 Å². The van der Waals surface area contributed by atoms with Crippen molar-refractivity contribution in [3.8, 4) is 0 Å². The monoisotopic (exact) mass is 490 g/mol. The number of benzene rings is 2. The molecule has 0 radical (unpaired) electrons. The lowest BCUT2D eigenvalue weighted by atomic mass is 10.2. The fourth-order valence-corrected chi connectivity index (χ4v) is 9.69. The minimum absolute atomic E-state index is 0.0363. The van der Waals surface area contributed by atoms with Gasteiger partial charge in [0.05, 0.1) is 11.4 Å². The Bertz CT molecular complexity index is 994. The van der Waals surface area contributed by atoms with Gasteiger partial charge in [0.25, 0.3) is 8.32 Å². The van der Waals surface area contributed by atoms with Gasteiger partial charge >= 0.3 is 5.97 Å². The van der Waals surface area contributed by atoms with E-state index < -0.39 is 40.2 Å². The quantitative estimate of drug-likeness (QED) is 0.412. The van der Waals surface area contributed by atoms with E-state index in [4.69, 9.17) is 9.16 Å². The van der Waals surface area contributed by atoms with Crippen molar-refractivity contribution in [2.75, 3.05) is 12.4 Å². The minimum atomic E-state index is -3.84. The standard InChI is InChI=1S/C26H38O5SSi/c1-24(2,3)31-23(27)19-32(28,29)26(7,8)20-30-33(25(4,5)6,21-15-11-9-12-16-21)22-17-13-10-14-18-22/h9-18H,19-20H2,1-8H3. The normalized spacial score (nSPS) is 13.6. The Morgan fingerprint density at radius 3 is 1.58 bits per heavy atom. The van der Waals surface area contributed by atoms with Crippen LogP contribution < -0.4 is 10.4 Å². The van der Waals surface area contributed by atoms with Crippen molar-refractivity contribution in [1.82, 2.24) is 0 Å². The van der Waals surface area contributed by atoms with Crippen LogP contribution in [0.15, 0.2) is 60.7 Å². The first-order chi connectivity index (χ1) is 15.0. The Hall–Kier alpha value is -1.96. The molecule has 0 aliphatic heterocycles. The van der Waals surface area contributed by atoms with Crippen molar-refractivity contribution in [3.05, 3.63) is 60.7 Å². The molecule has 0 unspecified atom stereocenters. The molecule has 0 aliphatic carbocycles. The highest BCUT2D eigenvalue weighted by Crippen LogP contribution is 2.37. The highest BCUT2D eigenvalue weighted by Gasteiger charge is 2.52. The molecule has 2 aromatic rings. The molecule has 0 amide bonds. The number of carbonyl (C=O) groups excluding carboxylic acids is 1. The van der Waals surface area contributed by atoms with Crippen LogP contribution in [-0.2, 0) is 23.8 Å². The average Bonchev–Trinajstić information content (AvgIpc) is 2.67. The lowest BCUT2D eigenvalue weighted by Gasteiger charge is -2.44. The number of ether oxygens (including phenoxy) is 1. The smallest absolute Gasteiger partial charge is 0.321 e. The Labute approximate surface area is 200 Å². The van der Waals surface area contributed by atoms with E-state index in [1.54, 1.807) is 34.6 Å². The average molecular weight is 491 g/mol. The molecule has 182 valence electrons. The van der Waals surface area contributed by atoms with Crippen LogP contribution >= 0.6 is 0 Å². The van der Waals surface area contributed by atoms with E-state index in [1.807, 2.05) is 36.4 Å². The number of carbonyl (C=O) groups is 1. The van der Waals surface area contributed by atoms with Gasteiger partial charge in [-0.25, -0.2) is 8.42 Å². The first-order valence-corrected chi connectivity index (χ1v) is 14.8. The Kier molecular flexibility index (Phi) is 8.04. The Balaban J connectivity index is 2.46. The lowest BCUT2D eigenvalue weighted by Crippen LogP contribution is -2.67. The summed E-state index contributed by atoms with van der Waals surface area (Å²) < 4.78 is 37.2. The highest BCUT2D eigenvalue weighted by atomic mass is 32.2. The highest BCUT2D eigenvalue weighted by molar-refractivity contribution is 7.93. The van der Waals surface area contributed by atoms with Gasteiger partial charge in [0.2, 0.25) is 0 Å². The molecule has 0 spiro atoms. The Morgan fingerprint density at radius 1 is 0.788 bits per heavy atom. The van der Waals surface area contributed by atoms with Gasteiger partial charge in [-0.2, -0.15) is 0 Å². The van der Waals surface area contributed by atoms with Crippen LogP contribution in [-0.4, -0.2) is 45.4 Å². The molecule has 0 aromatic heterocycles. The van der Waals surface area contributed by atoms with Gasteiger partial charge in [-0.05, 0) is 50.0 Å². The second-order valence-electron chi connectivity index (χ2n) is 11.1. The molecule has 2 rings (SSSR count). The fraction of sp³-hybridized carbons (Fsp3) is 0.500. The van der Waals surface area contributed by atoms with Crippen LogP contribution in [0, 0.1) is 0 Å². The summed E-state index contributed by atoms with van der Waals surface area (Å²) in [5, 5.41) is 1.87. The maximum Gasteiger partial charge on any atom is 0.321 e. The molecule has 0 heterocycles. The molecule has 7 heteroatoms. The van der Waals surface area contributed by atoms with Crippen molar-refractivity contribution < 1.29 is 22.4 Å². The van der Waals surface area contributed by atoms with Gasteiger partial charge in [0, 0.05) is 0 Å². The van der Waals surface area contributed by atoms with Crippen molar-refractivity contribution in [3.63, 3.8) is 0 Å². The summed E-state index contributed by atoms with van der Waals surface area (Å²) in [6.07, 6.45) is 0. The molecule has 0 saturated carbocycles. The summed E-state index contributed by atoms with van der Waals surface area (Å²) in [4.78, 5) is 12.3. The number of esters is 1. The molecule has 5 nitrogen and oxygen atoms in total. The SMILES string of the molecule is CC(C)(C)OC(=O)CS(=O)(=O)C(C)(C)CO[Si](c1ccccc1)(c1ccccc1)C(C)(C)C. The van der Waals surface area contributed by atoms with E-state index in [0.29, 0.717) is 0 Å². The number of hydrogen-bond donors (Lipinski definition) is 0. The van der Waals surface area contributed by atoms with E-state index in [2.05, 4.69) is 45.0 Å². The van der Waals surface area contributed by atoms with E-state index >= 15 is 0 Å². The predicted octanol–water partition coefficient (Wildman–Crippen LogP) is 4.10. The lowest BCUT2D eigenvalue weighted by molar-refractivity contribution is -0.151. The molecule has 2 aromatic carbocycles. The van der Waals surface area contributed by atoms with Crippen LogP contribution in [0.2, 0.25) is 5.04 Å². The van der Waals surface area contributed by atoms with Gasteiger partial charge in [-0.1, -0.05) is 81.4 Å². The van der Waals surface area contributed by atoms with Crippen molar-refractivity contribution >= 4 is 34.5 Å². The summed E-state index contributed by atoms with van der Waals surface area (Å²) in [6.45, 7) is 14.8. The Morgan fingerprint density at radius 2 is 1.21 bits per heavy atom. The predicted molar refractivity (Wildman–Crippen MR) is 137 cm³/mol. The molecule has 0 aliphatic rings. The van der Waals surface area contributed by atoms with Crippen LogP contribution in [0.5, 0.6) is 0 Å². The zero-order chi connectivity index (χ0) is 25.1. The maximum absolute atomic E-state index is 13.2. The fourth-order valence-electron chi connectivity index (χ4n) is 3.85. The zero-order valence-electron chi connectivity index (χ0n) is 21.1. The second kappa shape index (κ2) is 9.72. The molecule has 0 saturated heterocycles. The molecule has 0 atom stereocenters. The minimum Gasteiger partial charge on any atom is -0.459 e. The number of hydrogen-bond acceptors (Lipinski definition) is 5. The molecule has 0 fully saturated rings.